The van der Waals surface area contributed by atoms with Crippen molar-refractivity contribution in [3.8, 4) is 6.07 Å². The molecule has 1 aromatic carbocycles. The van der Waals surface area contributed by atoms with Gasteiger partial charge in [0.1, 0.15) is 11.6 Å². The summed E-state index contributed by atoms with van der Waals surface area (Å²) >= 11 is 3.01. The average Bonchev–Trinajstić information content (AvgIpc) is 2.29. The van der Waals surface area contributed by atoms with Crippen molar-refractivity contribution < 1.29 is 9.13 Å². The molecule has 0 saturated heterocycles. The van der Waals surface area contributed by atoms with Crippen LogP contribution >= 0.6 is 15.9 Å². The third-order valence-corrected chi connectivity index (χ3v) is 2.46. The molecule has 0 bridgehead atoms. The van der Waals surface area contributed by atoms with Crippen LogP contribution in [0.2, 0.25) is 0 Å². The van der Waals surface area contributed by atoms with E-state index in [2.05, 4.69) is 20.8 Å². The first kappa shape index (κ1) is 12.2. The summed E-state index contributed by atoms with van der Waals surface area (Å²) in [6.45, 7) is 6.80. The monoisotopic (exact) mass is 280 g/mol. The lowest BCUT2D eigenvalue weighted by atomic mass is 10.1. The van der Waals surface area contributed by atoms with Crippen LogP contribution in [0, 0.1) is 23.7 Å². The summed E-state index contributed by atoms with van der Waals surface area (Å²) in [5.74, 6) is -0.404. The molecule has 80 valence electrons. The zero-order valence-corrected chi connectivity index (χ0v) is 9.88. The van der Waals surface area contributed by atoms with E-state index in [0.29, 0.717) is 10.0 Å². The summed E-state index contributed by atoms with van der Waals surface area (Å²) < 4.78 is 18.5. The summed E-state index contributed by atoms with van der Waals surface area (Å²) in [6, 6.07) is 5.95. The molecule has 3 nitrogen and oxygen atoms in total. The lowest BCUT2D eigenvalue weighted by Crippen LogP contribution is -1.92. The molecule has 0 N–H and O–H groups in total. The van der Waals surface area contributed by atoms with Crippen LogP contribution in [0.4, 0.5) is 4.39 Å². The maximum atomic E-state index is 13.3. The van der Waals surface area contributed by atoms with E-state index in [1.807, 2.05) is 0 Å². The van der Waals surface area contributed by atoms with Crippen LogP contribution in [0.25, 0.3) is 10.6 Å². The van der Waals surface area contributed by atoms with Gasteiger partial charge >= 0.3 is 5.70 Å². The number of ether oxygens (including phenoxy) is 1. The Morgan fingerprint density at radius 2 is 2.31 bits per heavy atom. The van der Waals surface area contributed by atoms with Crippen molar-refractivity contribution in [3.63, 3.8) is 0 Å². The summed E-state index contributed by atoms with van der Waals surface area (Å²) in [4.78, 5) is 3.02. The number of hydrogen-bond acceptors (Lipinski definition) is 2. The Morgan fingerprint density at radius 1 is 1.62 bits per heavy atom. The van der Waals surface area contributed by atoms with E-state index in [4.69, 9.17) is 16.6 Å². The van der Waals surface area contributed by atoms with Crippen LogP contribution in [-0.2, 0) is 4.74 Å². The van der Waals surface area contributed by atoms with Crippen molar-refractivity contribution in [2.75, 3.05) is 7.11 Å². The number of nitrogens with zero attached hydrogens (tertiary/aromatic N) is 2. The van der Waals surface area contributed by atoms with Gasteiger partial charge in [-0.3, -0.25) is 0 Å². The van der Waals surface area contributed by atoms with E-state index in [1.165, 1.54) is 19.2 Å². The molecule has 0 radical (unpaired) electrons. The van der Waals surface area contributed by atoms with Crippen LogP contribution in [-0.4, -0.2) is 7.11 Å². The van der Waals surface area contributed by atoms with Crippen LogP contribution in [0.1, 0.15) is 5.56 Å². The summed E-state index contributed by atoms with van der Waals surface area (Å²) in [5, 5.41) is 8.71. The fourth-order valence-electron chi connectivity index (χ4n) is 1.12. The molecule has 1 aromatic rings. The van der Waals surface area contributed by atoms with E-state index < -0.39 is 5.82 Å². The molecule has 0 aliphatic carbocycles. The Kier molecular flexibility index (Phi) is 4.04. The number of benzene rings is 1. The van der Waals surface area contributed by atoms with Gasteiger partial charge in [-0.15, -0.1) is 0 Å². The predicted octanol–water partition coefficient (Wildman–Crippen LogP) is 3.35. The van der Waals surface area contributed by atoms with Crippen LogP contribution in [0.5, 0.6) is 0 Å². The summed E-state index contributed by atoms with van der Waals surface area (Å²) in [7, 11) is 1.33. The van der Waals surface area contributed by atoms with Crippen LogP contribution in [0.3, 0.4) is 0 Å². The number of methoxy groups -OCH3 is 1. The summed E-state index contributed by atoms with van der Waals surface area (Å²) in [5.41, 5.74) is 0.153. The normalized spacial score (nSPS) is 11.1. The Bertz CT molecular complexity index is 510. The summed E-state index contributed by atoms with van der Waals surface area (Å²) in [6.07, 6.45) is 0. The highest BCUT2D eigenvalue weighted by Crippen LogP contribution is 2.24. The molecular weight excluding hydrogens is 275 g/mol. The second kappa shape index (κ2) is 5.29. The maximum Gasteiger partial charge on any atom is 0.303 e. The van der Waals surface area contributed by atoms with Gasteiger partial charge in [-0.05, 0) is 28.1 Å². The quantitative estimate of drug-likeness (QED) is 0.473. The average molecular weight is 281 g/mol. The van der Waals surface area contributed by atoms with Crippen molar-refractivity contribution in [2.45, 2.75) is 0 Å². The minimum atomic E-state index is -0.477. The lowest BCUT2D eigenvalue weighted by molar-refractivity contribution is 0.368. The van der Waals surface area contributed by atoms with Gasteiger partial charge in [0, 0.05) is 5.56 Å². The Labute approximate surface area is 101 Å². The molecule has 1 rings (SSSR count). The molecule has 0 heterocycles. The van der Waals surface area contributed by atoms with Crippen molar-refractivity contribution in [1.29, 1.82) is 5.26 Å². The maximum absolute atomic E-state index is 13.3. The van der Waals surface area contributed by atoms with Gasteiger partial charge < -0.3 is 4.74 Å². The molecule has 0 spiro atoms. The lowest BCUT2D eigenvalue weighted by Gasteiger charge is -2.07. The van der Waals surface area contributed by atoms with Crippen LogP contribution in [0.15, 0.2) is 28.4 Å². The Balaban J connectivity index is 3.37. The SMILES string of the molecule is [C-]#[N+]/C(C#N)=C(/OC)c1ccc(Br)c(F)c1. The highest BCUT2D eigenvalue weighted by Gasteiger charge is 2.11. The molecule has 16 heavy (non-hydrogen) atoms. The number of allylic oxidation sites excluding steroid dienone is 1. The fourth-order valence-corrected chi connectivity index (χ4v) is 1.36. The van der Waals surface area contributed by atoms with E-state index in [1.54, 1.807) is 12.1 Å². The van der Waals surface area contributed by atoms with Crippen molar-refractivity contribution in [1.82, 2.24) is 0 Å². The number of rotatable bonds is 2. The van der Waals surface area contributed by atoms with Crippen molar-refractivity contribution in [2.24, 2.45) is 0 Å². The van der Waals surface area contributed by atoms with Crippen LogP contribution < -0.4 is 0 Å². The number of nitriles is 1. The molecule has 0 aromatic heterocycles. The van der Waals surface area contributed by atoms with E-state index in [0.717, 1.165) is 0 Å². The first-order chi connectivity index (χ1) is 7.63. The van der Waals surface area contributed by atoms with E-state index >= 15 is 0 Å². The minimum absolute atomic E-state index is 0.0731. The number of hydrogen-bond donors (Lipinski definition) is 0. The second-order valence-corrected chi connectivity index (χ2v) is 3.59. The van der Waals surface area contributed by atoms with E-state index in [9.17, 15) is 4.39 Å². The molecule has 0 atom stereocenters. The zero-order valence-electron chi connectivity index (χ0n) is 8.29. The third kappa shape index (κ3) is 2.39. The molecular formula is C11H6BrFN2O. The molecule has 0 amide bonds. The Morgan fingerprint density at radius 3 is 2.75 bits per heavy atom. The fraction of sp³-hybridized carbons (Fsp3) is 0.0909. The standard InChI is InChI=1S/C11H6BrFN2O/c1-15-10(6-14)11(16-2)7-3-4-8(12)9(13)5-7/h3-5H,2H3/b11-10+. The topological polar surface area (TPSA) is 37.4 Å². The molecule has 0 saturated carbocycles. The van der Waals surface area contributed by atoms with Gasteiger partial charge in [0.05, 0.1) is 24.2 Å². The highest BCUT2D eigenvalue weighted by molar-refractivity contribution is 9.10. The molecule has 5 heteroatoms. The molecule has 0 unspecified atom stereocenters. The van der Waals surface area contributed by atoms with Gasteiger partial charge in [-0.2, -0.15) is 0 Å². The molecule has 0 aliphatic heterocycles. The van der Waals surface area contributed by atoms with Gasteiger partial charge in [0.25, 0.3) is 0 Å². The first-order valence-corrected chi connectivity index (χ1v) is 4.94. The van der Waals surface area contributed by atoms with Crippen molar-refractivity contribution in [3.05, 3.63) is 51.2 Å². The van der Waals surface area contributed by atoms with Crippen molar-refractivity contribution >= 4 is 21.7 Å². The second-order valence-electron chi connectivity index (χ2n) is 2.73. The number of halogens is 2. The zero-order chi connectivity index (χ0) is 12.1. The van der Waals surface area contributed by atoms with Gasteiger partial charge in [-0.25, -0.2) is 14.5 Å². The first-order valence-electron chi connectivity index (χ1n) is 4.15. The van der Waals surface area contributed by atoms with E-state index in [-0.39, 0.29) is 11.5 Å². The smallest absolute Gasteiger partial charge is 0.303 e. The van der Waals surface area contributed by atoms with Gasteiger partial charge in [-0.1, -0.05) is 6.07 Å². The highest BCUT2D eigenvalue weighted by atomic mass is 79.9. The van der Waals surface area contributed by atoms with Gasteiger partial charge in [0.15, 0.2) is 0 Å². The minimum Gasteiger partial charge on any atom is -0.506 e. The third-order valence-electron chi connectivity index (χ3n) is 1.82. The van der Waals surface area contributed by atoms with Gasteiger partial charge in [0.2, 0.25) is 0 Å². The molecule has 0 aliphatic rings. The Hall–Kier alpha value is -1.85. The predicted molar refractivity (Wildman–Crippen MR) is 60.2 cm³/mol. The molecule has 0 fully saturated rings. The largest absolute Gasteiger partial charge is 0.506 e.